The van der Waals surface area contributed by atoms with Crippen molar-refractivity contribution in [1.29, 1.82) is 0 Å². The summed E-state index contributed by atoms with van der Waals surface area (Å²) in [5.41, 5.74) is -2.00. The van der Waals surface area contributed by atoms with E-state index in [0.29, 0.717) is 26.3 Å². The maximum atomic E-state index is 13.6. The standard InChI is InChI=1S/C22H25F4N3O3S/c1-21(2,12-16(30)14-4-6-15(23)7-5-14)19(31)28-20-27-18(22(24,25)26)17(33-20)13-29-8-3-10-32-11-9-29/h4-7H,3,8-13H2,1-2H3,(H,27,28,31). The van der Waals surface area contributed by atoms with Crippen LogP contribution in [-0.4, -0.2) is 47.9 Å². The van der Waals surface area contributed by atoms with Gasteiger partial charge in [0.2, 0.25) is 5.91 Å². The first kappa shape index (κ1) is 25.3. The quantitative estimate of drug-likeness (QED) is 0.450. The number of amides is 1. The molecule has 0 atom stereocenters. The van der Waals surface area contributed by atoms with Crippen molar-refractivity contribution in [3.05, 3.63) is 46.2 Å². The minimum absolute atomic E-state index is 0.0138. The van der Waals surface area contributed by atoms with Gasteiger partial charge in [-0.25, -0.2) is 9.37 Å². The van der Waals surface area contributed by atoms with Crippen LogP contribution in [0.1, 0.15) is 47.6 Å². The Bertz CT molecular complexity index is 982. The molecule has 0 radical (unpaired) electrons. The van der Waals surface area contributed by atoms with E-state index >= 15 is 0 Å². The van der Waals surface area contributed by atoms with Crippen LogP contribution in [0.25, 0.3) is 0 Å². The molecule has 3 rings (SSSR count). The van der Waals surface area contributed by atoms with Crippen molar-refractivity contribution >= 4 is 28.2 Å². The van der Waals surface area contributed by atoms with Gasteiger partial charge in [-0.3, -0.25) is 14.5 Å². The number of anilines is 1. The average Bonchev–Trinajstić information content (AvgIpc) is 2.95. The zero-order chi connectivity index (χ0) is 24.2. The highest BCUT2D eigenvalue weighted by Gasteiger charge is 2.39. The number of benzene rings is 1. The molecule has 1 fully saturated rings. The molecular weight excluding hydrogens is 462 g/mol. The minimum Gasteiger partial charge on any atom is -0.380 e. The van der Waals surface area contributed by atoms with Gasteiger partial charge in [0.25, 0.3) is 0 Å². The molecule has 1 aliphatic rings. The fourth-order valence-corrected chi connectivity index (χ4v) is 4.40. The van der Waals surface area contributed by atoms with E-state index in [4.69, 9.17) is 4.74 Å². The molecule has 180 valence electrons. The van der Waals surface area contributed by atoms with Gasteiger partial charge in [0.1, 0.15) is 5.82 Å². The van der Waals surface area contributed by atoms with Gasteiger partial charge in [-0.15, -0.1) is 0 Å². The number of alkyl halides is 3. The van der Waals surface area contributed by atoms with Crippen LogP contribution in [0.2, 0.25) is 0 Å². The maximum absolute atomic E-state index is 13.6. The Morgan fingerprint density at radius 1 is 1.15 bits per heavy atom. The third kappa shape index (κ3) is 6.81. The van der Waals surface area contributed by atoms with Gasteiger partial charge in [0.05, 0.1) is 16.9 Å². The van der Waals surface area contributed by atoms with Gasteiger partial charge in [-0.2, -0.15) is 13.2 Å². The van der Waals surface area contributed by atoms with Crippen molar-refractivity contribution in [3.63, 3.8) is 0 Å². The van der Waals surface area contributed by atoms with Gasteiger partial charge in [0.15, 0.2) is 16.6 Å². The second-order valence-electron chi connectivity index (χ2n) is 8.48. The third-order valence-corrected chi connectivity index (χ3v) is 6.21. The first-order chi connectivity index (χ1) is 15.5. The van der Waals surface area contributed by atoms with Gasteiger partial charge in [-0.05, 0) is 30.7 Å². The molecule has 0 bridgehead atoms. The Balaban J connectivity index is 1.72. The number of hydrogen-bond acceptors (Lipinski definition) is 6. The van der Waals surface area contributed by atoms with E-state index in [0.717, 1.165) is 29.9 Å². The topological polar surface area (TPSA) is 71.5 Å². The predicted octanol–water partition coefficient (Wildman–Crippen LogP) is 4.76. The average molecular weight is 488 g/mol. The third-order valence-electron chi connectivity index (χ3n) is 5.25. The summed E-state index contributed by atoms with van der Waals surface area (Å²) in [6, 6.07) is 4.93. The van der Waals surface area contributed by atoms with Gasteiger partial charge < -0.3 is 10.1 Å². The summed E-state index contributed by atoms with van der Waals surface area (Å²) in [4.78, 5) is 30.8. The lowest BCUT2D eigenvalue weighted by molar-refractivity contribution is -0.141. The molecule has 33 heavy (non-hydrogen) atoms. The number of halogens is 4. The normalized spacial score (nSPS) is 15.8. The smallest absolute Gasteiger partial charge is 0.380 e. The van der Waals surface area contributed by atoms with Crippen molar-refractivity contribution in [2.45, 2.75) is 39.4 Å². The van der Waals surface area contributed by atoms with Crippen LogP contribution < -0.4 is 5.32 Å². The van der Waals surface area contributed by atoms with E-state index in [1.807, 2.05) is 4.90 Å². The van der Waals surface area contributed by atoms with Crippen molar-refractivity contribution in [2.75, 3.05) is 31.6 Å². The molecule has 1 amide bonds. The maximum Gasteiger partial charge on any atom is 0.434 e. The fraction of sp³-hybridized carbons (Fsp3) is 0.500. The van der Waals surface area contributed by atoms with E-state index in [9.17, 15) is 27.2 Å². The number of nitrogens with one attached hydrogen (secondary N) is 1. The molecule has 1 aliphatic heterocycles. The molecule has 2 aromatic rings. The first-order valence-corrected chi connectivity index (χ1v) is 11.2. The van der Waals surface area contributed by atoms with Crippen LogP contribution in [0.4, 0.5) is 22.7 Å². The molecule has 1 aromatic heterocycles. The van der Waals surface area contributed by atoms with Crippen molar-refractivity contribution in [1.82, 2.24) is 9.88 Å². The number of carbonyl (C=O) groups excluding carboxylic acids is 2. The van der Waals surface area contributed by atoms with E-state index in [1.54, 1.807) is 0 Å². The van der Waals surface area contributed by atoms with E-state index in [1.165, 1.54) is 26.0 Å². The highest BCUT2D eigenvalue weighted by molar-refractivity contribution is 7.15. The van der Waals surface area contributed by atoms with Crippen LogP contribution >= 0.6 is 11.3 Å². The number of thiazole rings is 1. The Morgan fingerprint density at radius 2 is 1.85 bits per heavy atom. The zero-order valence-electron chi connectivity index (χ0n) is 18.3. The van der Waals surface area contributed by atoms with Crippen LogP contribution in [0.15, 0.2) is 24.3 Å². The molecule has 1 N–H and O–H groups in total. The number of aromatic nitrogens is 1. The number of ether oxygens (including phenoxy) is 1. The Hall–Kier alpha value is -2.37. The number of nitrogens with zero attached hydrogens (tertiary/aromatic N) is 2. The summed E-state index contributed by atoms with van der Waals surface area (Å²) in [6.45, 7) is 5.21. The van der Waals surface area contributed by atoms with Crippen LogP contribution in [0, 0.1) is 11.2 Å². The molecule has 0 aliphatic carbocycles. The van der Waals surface area contributed by atoms with Crippen molar-refractivity contribution in [2.24, 2.45) is 5.41 Å². The van der Waals surface area contributed by atoms with Crippen molar-refractivity contribution < 1.29 is 31.9 Å². The fourth-order valence-electron chi connectivity index (χ4n) is 3.38. The van der Waals surface area contributed by atoms with Crippen LogP contribution in [0.5, 0.6) is 0 Å². The number of rotatable bonds is 7. The van der Waals surface area contributed by atoms with Crippen molar-refractivity contribution in [3.8, 4) is 0 Å². The number of carbonyl (C=O) groups is 2. The molecule has 2 heterocycles. The van der Waals surface area contributed by atoms with Gasteiger partial charge >= 0.3 is 6.18 Å². The van der Waals surface area contributed by atoms with Gasteiger partial charge in [0, 0.05) is 38.2 Å². The van der Waals surface area contributed by atoms with Gasteiger partial charge in [-0.1, -0.05) is 25.2 Å². The SMILES string of the molecule is CC(C)(CC(=O)c1ccc(F)cc1)C(=O)Nc1nc(C(F)(F)F)c(CN2CCCOCC2)s1. The zero-order valence-corrected chi connectivity index (χ0v) is 19.1. The number of ketones is 1. The molecule has 1 saturated heterocycles. The Morgan fingerprint density at radius 3 is 2.52 bits per heavy atom. The highest BCUT2D eigenvalue weighted by atomic mass is 32.1. The Kier molecular flexibility index (Phi) is 7.86. The highest BCUT2D eigenvalue weighted by Crippen LogP contribution is 2.37. The van der Waals surface area contributed by atoms with Crippen LogP contribution in [-0.2, 0) is 22.3 Å². The molecule has 0 saturated carbocycles. The summed E-state index contributed by atoms with van der Waals surface area (Å²) in [6.07, 6.45) is -4.14. The summed E-state index contributed by atoms with van der Waals surface area (Å²) in [5.74, 6) is -1.50. The van der Waals surface area contributed by atoms with E-state index < -0.39 is 29.0 Å². The number of Topliss-reactive ketones (excluding diaryl/α,β-unsaturated/α-hetero) is 1. The monoisotopic (exact) mass is 487 g/mol. The molecule has 1 aromatic carbocycles. The number of hydrogen-bond donors (Lipinski definition) is 1. The molecule has 11 heteroatoms. The molecule has 0 spiro atoms. The second-order valence-corrected chi connectivity index (χ2v) is 9.56. The van der Waals surface area contributed by atoms with Crippen LogP contribution in [0.3, 0.4) is 0 Å². The lowest BCUT2D eigenvalue weighted by Crippen LogP contribution is -2.33. The summed E-state index contributed by atoms with van der Waals surface area (Å²) >= 11 is 0.776. The second kappa shape index (κ2) is 10.3. The molecule has 0 unspecified atom stereocenters. The molecule has 6 nitrogen and oxygen atoms in total. The minimum atomic E-state index is -4.66. The summed E-state index contributed by atoms with van der Waals surface area (Å²) < 4.78 is 59.1. The first-order valence-electron chi connectivity index (χ1n) is 10.4. The summed E-state index contributed by atoms with van der Waals surface area (Å²) in [7, 11) is 0. The predicted molar refractivity (Wildman–Crippen MR) is 116 cm³/mol. The largest absolute Gasteiger partial charge is 0.434 e. The lowest BCUT2D eigenvalue weighted by atomic mass is 9.84. The lowest BCUT2D eigenvalue weighted by Gasteiger charge is -2.22. The van der Waals surface area contributed by atoms with E-state index in [2.05, 4.69) is 10.3 Å². The Labute approximate surface area is 192 Å². The summed E-state index contributed by atoms with van der Waals surface area (Å²) in [5, 5.41) is 2.27. The van der Waals surface area contributed by atoms with E-state index in [-0.39, 0.29) is 34.3 Å². The molecular formula is C22H25F4N3O3S.